The second-order valence-corrected chi connectivity index (χ2v) is 8.62. The molecular formula is C26H42O2. The molecule has 2 heteroatoms. The molecule has 0 saturated carbocycles. The molecule has 1 saturated heterocycles. The van der Waals surface area contributed by atoms with Crippen LogP contribution in [-0.4, -0.2) is 18.8 Å². The van der Waals surface area contributed by atoms with Crippen LogP contribution in [0.15, 0.2) is 36.4 Å². The predicted molar refractivity (Wildman–Crippen MR) is 120 cm³/mol. The van der Waals surface area contributed by atoms with Crippen molar-refractivity contribution in [1.29, 1.82) is 0 Å². The number of hydrogen-bond donors (Lipinski definition) is 0. The van der Waals surface area contributed by atoms with Gasteiger partial charge in [0, 0.05) is 0 Å². The number of aryl methyl sites for hydroxylation is 1. The molecule has 1 atom stereocenters. The van der Waals surface area contributed by atoms with Crippen LogP contribution in [0, 0.1) is 0 Å². The smallest absolute Gasteiger partial charge is 0.123 e. The fourth-order valence-corrected chi connectivity index (χ4v) is 3.51. The maximum Gasteiger partial charge on any atom is 0.123 e. The summed E-state index contributed by atoms with van der Waals surface area (Å²) in [6.45, 7) is 5.86. The van der Waals surface area contributed by atoms with E-state index in [1.807, 2.05) is 0 Å². The standard InChI is InChI=1S/C26H42O2/c1-3-4-5-6-7-8-9-10-11-12-13-14-15-16-19-24-20-17-18-21-25(24)27-22-26(2)23-28-26/h14-15,17-18,20-21H,3-13,16,19,22-23H2,1-2H3/b15-14+. The Kier molecular flexibility index (Phi) is 11.4. The van der Waals surface area contributed by atoms with Gasteiger partial charge in [-0.25, -0.2) is 0 Å². The van der Waals surface area contributed by atoms with Crippen LogP contribution >= 0.6 is 0 Å². The Morgan fingerprint density at radius 1 is 0.893 bits per heavy atom. The number of unbranched alkanes of at least 4 members (excludes halogenated alkanes) is 10. The van der Waals surface area contributed by atoms with Crippen LogP contribution in [0.5, 0.6) is 5.75 Å². The molecule has 0 radical (unpaired) electrons. The minimum absolute atomic E-state index is 0.0535. The van der Waals surface area contributed by atoms with Crippen molar-refractivity contribution in [2.24, 2.45) is 0 Å². The van der Waals surface area contributed by atoms with Crippen molar-refractivity contribution in [3.05, 3.63) is 42.0 Å². The number of epoxide rings is 1. The first-order valence-corrected chi connectivity index (χ1v) is 11.7. The first kappa shape index (κ1) is 23.0. The van der Waals surface area contributed by atoms with Crippen molar-refractivity contribution < 1.29 is 9.47 Å². The number of benzene rings is 1. The topological polar surface area (TPSA) is 21.8 Å². The average Bonchev–Trinajstić information content (AvgIpc) is 3.45. The molecule has 1 unspecified atom stereocenters. The van der Waals surface area contributed by atoms with E-state index in [0.717, 1.165) is 25.2 Å². The second-order valence-electron chi connectivity index (χ2n) is 8.62. The highest BCUT2D eigenvalue weighted by molar-refractivity contribution is 5.33. The number of allylic oxidation sites excluding steroid dienone is 2. The Bertz CT molecular complexity index is 545. The highest BCUT2D eigenvalue weighted by Gasteiger charge is 2.40. The minimum atomic E-state index is -0.0535. The molecule has 1 aliphatic rings. The van der Waals surface area contributed by atoms with Crippen LogP contribution in [0.4, 0.5) is 0 Å². The van der Waals surface area contributed by atoms with Gasteiger partial charge in [-0.15, -0.1) is 0 Å². The summed E-state index contributed by atoms with van der Waals surface area (Å²) in [5, 5.41) is 0. The Hall–Kier alpha value is -1.28. The molecule has 1 aliphatic heterocycles. The lowest BCUT2D eigenvalue weighted by molar-refractivity contribution is 0.201. The third kappa shape index (κ3) is 10.3. The Labute approximate surface area is 173 Å². The molecule has 1 heterocycles. The quantitative estimate of drug-likeness (QED) is 0.156. The molecule has 1 aromatic rings. The van der Waals surface area contributed by atoms with Gasteiger partial charge in [-0.3, -0.25) is 0 Å². The molecular weight excluding hydrogens is 344 g/mol. The van der Waals surface area contributed by atoms with Crippen LogP contribution in [0.25, 0.3) is 0 Å². The van der Waals surface area contributed by atoms with Crippen molar-refractivity contribution in [3.63, 3.8) is 0 Å². The number of hydrogen-bond acceptors (Lipinski definition) is 2. The summed E-state index contributed by atoms with van der Waals surface area (Å²) in [7, 11) is 0. The summed E-state index contributed by atoms with van der Waals surface area (Å²) in [6.07, 6.45) is 22.2. The molecule has 0 amide bonds. The maximum absolute atomic E-state index is 5.98. The molecule has 0 N–H and O–H groups in total. The van der Waals surface area contributed by atoms with Crippen molar-refractivity contribution in [3.8, 4) is 5.75 Å². The average molecular weight is 387 g/mol. The first-order chi connectivity index (χ1) is 13.7. The summed E-state index contributed by atoms with van der Waals surface area (Å²) in [5.74, 6) is 1.02. The van der Waals surface area contributed by atoms with E-state index in [0.29, 0.717) is 6.61 Å². The van der Waals surface area contributed by atoms with Crippen molar-refractivity contribution in [2.45, 2.75) is 103 Å². The van der Waals surface area contributed by atoms with Crippen LogP contribution < -0.4 is 4.74 Å². The fourth-order valence-electron chi connectivity index (χ4n) is 3.51. The van der Waals surface area contributed by atoms with Crippen LogP contribution in [0.1, 0.15) is 96.5 Å². The van der Waals surface area contributed by atoms with E-state index < -0.39 is 0 Å². The van der Waals surface area contributed by atoms with E-state index in [4.69, 9.17) is 9.47 Å². The minimum Gasteiger partial charge on any atom is -0.490 e. The van der Waals surface area contributed by atoms with Gasteiger partial charge in [-0.1, -0.05) is 95.1 Å². The van der Waals surface area contributed by atoms with E-state index >= 15 is 0 Å². The van der Waals surface area contributed by atoms with E-state index in [9.17, 15) is 0 Å². The van der Waals surface area contributed by atoms with Gasteiger partial charge in [0.1, 0.15) is 18.0 Å². The van der Waals surface area contributed by atoms with Crippen molar-refractivity contribution in [2.75, 3.05) is 13.2 Å². The summed E-state index contributed by atoms with van der Waals surface area (Å²) in [6, 6.07) is 8.41. The summed E-state index contributed by atoms with van der Waals surface area (Å²) in [4.78, 5) is 0. The molecule has 0 aromatic heterocycles. The normalized spacial score (nSPS) is 18.6. The highest BCUT2D eigenvalue weighted by Crippen LogP contribution is 2.28. The number of para-hydroxylation sites is 1. The summed E-state index contributed by atoms with van der Waals surface area (Å²) in [5.41, 5.74) is 1.25. The van der Waals surface area contributed by atoms with Crippen LogP contribution in [0.3, 0.4) is 0 Å². The third-order valence-electron chi connectivity index (χ3n) is 5.61. The molecule has 0 aliphatic carbocycles. The number of rotatable bonds is 17. The Morgan fingerprint density at radius 3 is 2.18 bits per heavy atom. The predicted octanol–water partition coefficient (Wildman–Crippen LogP) is 7.65. The van der Waals surface area contributed by atoms with E-state index in [1.165, 1.54) is 76.2 Å². The third-order valence-corrected chi connectivity index (χ3v) is 5.61. The zero-order valence-electron chi connectivity index (χ0n) is 18.4. The Balaban J connectivity index is 1.47. The fraction of sp³-hybridized carbons (Fsp3) is 0.692. The lowest BCUT2D eigenvalue weighted by Crippen LogP contribution is -2.17. The molecule has 1 fully saturated rings. The summed E-state index contributed by atoms with van der Waals surface area (Å²) >= 11 is 0. The first-order valence-electron chi connectivity index (χ1n) is 11.7. The number of ether oxygens (including phenoxy) is 2. The van der Waals surface area contributed by atoms with Gasteiger partial charge in [0.25, 0.3) is 0 Å². The van der Waals surface area contributed by atoms with Gasteiger partial charge in [0.2, 0.25) is 0 Å². The van der Waals surface area contributed by atoms with Gasteiger partial charge in [0.05, 0.1) is 6.61 Å². The molecule has 158 valence electrons. The van der Waals surface area contributed by atoms with Gasteiger partial charge in [-0.2, -0.15) is 0 Å². The van der Waals surface area contributed by atoms with Crippen LogP contribution in [-0.2, 0) is 11.2 Å². The van der Waals surface area contributed by atoms with Crippen LogP contribution in [0.2, 0.25) is 0 Å². The van der Waals surface area contributed by atoms with Crippen molar-refractivity contribution in [1.82, 2.24) is 0 Å². The van der Waals surface area contributed by atoms with Crippen molar-refractivity contribution >= 4 is 0 Å². The zero-order chi connectivity index (χ0) is 19.9. The van der Waals surface area contributed by atoms with Gasteiger partial charge >= 0.3 is 0 Å². The van der Waals surface area contributed by atoms with E-state index in [1.54, 1.807) is 0 Å². The van der Waals surface area contributed by atoms with Gasteiger partial charge in [0.15, 0.2) is 0 Å². The Morgan fingerprint density at radius 2 is 1.50 bits per heavy atom. The van der Waals surface area contributed by atoms with Gasteiger partial charge < -0.3 is 9.47 Å². The lowest BCUT2D eigenvalue weighted by Gasteiger charge is -2.12. The molecule has 0 spiro atoms. The molecule has 2 rings (SSSR count). The molecule has 0 bridgehead atoms. The van der Waals surface area contributed by atoms with Gasteiger partial charge in [-0.05, 0) is 44.2 Å². The molecule has 28 heavy (non-hydrogen) atoms. The highest BCUT2D eigenvalue weighted by atomic mass is 16.6. The van der Waals surface area contributed by atoms with E-state index in [2.05, 4.69) is 50.3 Å². The molecule has 1 aromatic carbocycles. The van der Waals surface area contributed by atoms with E-state index in [-0.39, 0.29) is 5.60 Å². The summed E-state index contributed by atoms with van der Waals surface area (Å²) < 4.78 is 11.4. The molecule has 2 nitrogen and oxygen atoms in total. The second kappa shape index (κ2) is 13.8. The SMILES string of the molecule is CCCCCCCCCCCC/C=C/CCc1ccccc1OCC1(C)CO1. The zero-order valence-corrected chi connectivity index (χ0v) is 18.4. The lowest BCUT2D eigenvalue weighted by atomic mass is 10.1. The maximum atomic E-state index is 5.98. The monoisotopic (exact) mass is 386 g/mol. The largest absolute Gasteiger partial charge is 0.490 e.